The Morgan fingerprint density at radius 1 is 0.844 bits per heavy atom. The van der Waals surface area contributed by atoms with Crippen LogP contribution in [0.4, 0.5) is 5.69 Å². The van der Waals surface area contributed by atoms with Crippen molar-refractivity contribution in [1.29, 1.82) is 0 Å². The number of hydrogen-bond acceptors (Lipinski definition) is 4. The number of piperazine rings is 1. The molecule has 0 aromatic heterocycles. The average molecular weight is 466 g/mol. The van der Waals surface area contributed by atoms with E-state index < -0.39 is 0 Å². The SMILES string of the molecule is O=C(CN1CCN(C(=O)c2ccccc2)CC1)Nc1ccccc1Sc1ccc(Cl)cc1. The van der Waals surface area contributed by atoms with E-state index in [1.54, 1.807) is 11.8 Å². The number of hydrogen-bond donors (Lipinski definition) is 1. The minimum Gasteiger partial charge on any atom is -0.336 e. The van der Waals surface area contributed by atoms with Crippen molar-refractivity contribution in [3.05, 3.63) is 89.4 Å². The van der Waals surface area contributed by atoms with Crippen LogP contribution in [0.2, 0.25) is 5.02 Å². The van der Waals surface area contributed by atoms with Crippen LogP contribution in [0.15, 0.2) is 88.7 Å². The van der Waals surface area contributed by atoms with Gasteiger partial charge in [0.05, 0.1) is 12.2 Å². The van der Waals surface area contributed by atoms with Gasteiger partial charge in [0.1, 0.15) is 0 Å². The number of carbonyl (C=O) groups excluding carboxylic acids is 2. The van der Waals surface area contributed by atoms with Crippen molar-refractivity contribution in [1.82, 2.24) is 9.80 Å². The minimum absolute atomic E-state index is 0.0443. The van der Waals surface area contributed by atoms with Crippen molar-refractivity contribution < 1.29 is 9.59 Å². The highest BCUT2D eigenvalue weighted by atomic mass is 35.5. The van der Waals surface area contributed by atoms with E-state index in [-0.39, 0.29) is 11.8 Å². The lowest BCUT2D eigenvalue weighted by Gasteiger charge is -2.34. The maximum atomic E-state index is 12.7. The molecule has 1 heterocycles. The number of amides is 2. The van der Waals surface area contributed by atoms with Gasteiger partial charge >= 0.3 is 0 Å². The molecule has 7 heteroatoms. The molecule has 2 amide bonds. The van der Waals surface area contributed by atoms with Crippen molar-refractivity contribution in [2.75, 3.05) is 38.0 Å². The maximum absolute atomic E-state index is 12.7. The number of nitrogens with one attached hydrogen (secondary N) is 1. The smallest absolute Gasteiger partial charge is 0.253 e. The van der Waals surface area contributed by atoms with E-state index in [4.69, 9.17) is 11.6 Å². The van der Waals surface area contributed by atoms with Gasteiger partial charge in [-0.05, 0) is 48.5 Å². The molecule has 0 saturated carbocycles. The van der Waals surface area contributed by atoms with Crippen molar-refractivity contribution >= 4 is 40.9 Å². The summed E-state index contributed by atoms with van der Waals surface area (Å²) in [6.07, 6.45) is 0. The number of carbonyl (C=O) groups is 2. The second-order valence-corrected chi connectivity index (χ2v) is 9.09. The molecule has 3 aromatic rings. The fourth-order valence-corrected chi connectivity index (χ4v) is 4.58. The summed E-state index contributed by atoms with van der Waals surface area (Å²) in [5, 5.41) is 3.74. The van der Waals surface area contributed by atoms with Gasteiger partial charge < -0.3 is 10.2 Å². The van der Waals surface area contributed by atoms with E-state index in [1.807, 2.05) is 83.8 Å². The molecular formula is C25H24ClN3O2S. The van der Waals surface area contributed by atoms with Gasteiger partial charge in [-0.2, -0.15) is 0 Å². The quantitative estimate of drug-likeness (QED) is 0.563. The number of nitrogens with zero attached hydrogens (tertiary/aromatic N) is 2. The van der Waals surface area contributed by atoms with Crippen LogP contribution in [0.25, 0.3) is 0 Å². The Bertz CT molecular complexity index is 1070. The fourth-order valence-electron chi connectivity index (χ4n) is 3.55. The lowest BCUT2D eigenvalue weighted by molar-refractivity contribution is -0.117. The van der Waals surface area contributed by atoms with E-state index in [0.29, 0.717) is 43.3 Å². The van der Waals surface area contributed by atoms with Crippen LogP contribution >= 0.6 is 23.4 Å². The number of para-hydroxylation sites is 1. The van der Waals surface area contributed by atoms with E-state index >= 15 is 0 Å². The van der Waals surface area contributed by atoms with Crippen LogP contribution < -0.4 is 5.32 Å². The summed E-state index contributed by atoms with van der Waals surface area (Å²) in [7, 11) is 0. The molecule has 0 atom stereocenters. The second kappa shape index (κ2) is 10.7. The predicted molar refractivity (Wildman–Crippen MR) is 129 cm³/mol. The Morgan fingerprint density at radius 3 is 2.22 bits per heavy atom. The summed E-state index contributed by atoms with van der Waals surface area (Å²) in [5.74, 6) is -0.0140. The summed E-state index contributed by atoms with van der Waals surface area (Å²) in [6.45, 7) is 2.88. The molecule has 0 aliphatic carbocycles. The zero-order valence-corrected chi connectivity index (χ0v) is 19.1. The molecule has 164 valence electrons. The molecule has 5 nitrogen and oxygen atoms in total. The third-order valence-corrected chi connectivity index (χ3v) is 6.59. The van der Waals surface area contributed by atoms with Gasteiger partial charge in [-0.3, -0.25) is 14.5 Å². The first kappa shape index (κ1) is 22.4. The normalized spacial score (nSPS) is 14.2. The fraction of sp³-hybridized carbons (Fsp3) is 0.200. The van der Waals surface area contributed by atoms with Crippen molar-refractivity contribution in [2.24, 2.45) is 0 Å². The minimum atomic E-state index is -0.0583. The van der Waals surface area contributed by atoms with Crippen molar-refractivity contribution in [3.8, 4) is 0 Å². The van der Waals surface area contributed by atoms with Gasteiger partial charge in [0, 0.05) is 46.6 Å². The van der Waals surface area contributed by atoms with Crippen molar-refractivity contribution in [2.45, 2.75) is 9.79 Å². The predicted octanol–water partition coefficient (Wildman–Crippen LogP) is 4.89. The van der Waals surface area contributed by atoms with Crippen molar-refractivity contribution in [3.63, 3.8) is 0 Å². The number of halogens is 1. The molecule has 1 aliphatic heterocycles. The van der Waals surface area contributed by atoms with Crippen LogP contribution in [-0.2, 0) is 4.79 Å². The van der Waals surface area contributed by atoms with E-state index in [9.17, 15) is 9.59 Å². The molecular weight excluding hydrogens is 442 g/mol. The highest BCUT2D eigenvalue weighted by Crippen LogP contribution is 2.33. The van der Waals surface area contributed by atoms with Crippen LogP contribution in [0.1, 0.15) is 10.4 Å². The summed E-state index contributed by atoms with van der Waals surface area (Å²) < 4.78 is 0. The lowest BCUT2D eigenvalue weighted by atomic mass is 10.2. The topological polar surface area (TPSA) is 52.7 Å². The van der Waals surface area contributed by atoms with E-state index in [1.165, 1.54) is 0 Å². The molecule has 0 bridgehead atoms. The van der Waals surface area contributed by atoms with Gasteiger partial charge in [-0.15, -0.1) is 0 Å². The highest BCUT2D eigenvalue weighted by Gasteiger charge is 2.23. The number of anilines is 1. The molecule has 32 heavy (non-hydrogen) atoms. The molecule has 1 fully saturated rings. The summed E-state index contributed by atoms with van der Waals surface area (Å²) >= 11 is 7.55. The second-order valence-electron chi connectivity index (χ2n) is 7.53. The third-order valence-electron chi connectivity index (χ3n) is 5.25. The van der Waals surface area contributed by atoms with Gasteiger partial charge in [0.2, 0.25) is 5.91 Å². The van der Waals surface area contributed by atoms with Crippen LogP contribution in [0.3, 0.4) is 0 Å². The maximum Gasteiger partial charge on any atom is 0.253 e. The Hall–Kier alpha value is -2.80. The number of rotatable bonds is 6. The first-order valence-corrected chi connectivity index (χ1v) is 11.7. The molecule has 0 unspecified atom stereocenters. The Kier molecular flexibility index (Phi) is 7.47. The first-order chi connectivity index (χ1) is 15.6. The van der Waals surface area contributed by atoms with Gasteiger partial charge in [0.25, 0.3) is 5.91 Å². The molecule has 0 spiro atoms. The zero-order valence-electron chi connectivity index (χ0n) is 17.5. The molecule has 4 rings (SSSR count). The van der Waals surface area contributed by atoms with Gasteiger partial charge in [-0.25, -0.2) is 0 Å². The first-order valence-electron chi connectivity index (χ1n) is 10.5. The standard InChI is InChI=1S/C25H24ClN3O2S/c26-20-10-12-21(13-11-20)32-23-9-5-4-8-22(23)27-24(30)18-28-14-16-29(17-15-28)25(31)19-6-2-1-3-7-19/h1-13H,14-18H2,(H,27,30). The summed E-state index contributed by atoms with van der Waals surface area (Å²) in [4.78, 5) is 31.3. The molecule has 1 saturated heterocycles. The monoisotopic (exact) mass is 465 g/mol. The lowest BCUT2D eigenvalue weighted by Crippen LogP contribution is -2.50. The van der Waals surface area contributed by atoms with E-state index in [0.717, 1.165) is 15.5 Å². The molecule has 1 N–H and O–H groups in total. The van der Waals surface area contributed by atoms with E-state index in [2.05, 4.69) is 10.2 Å². The molecule has 1 aliphatic rings. The van der Waals surface area contributed by atoms with Crippen LogP contribution in [0, 0.1) is 0 Å². The van der Waals surface area contributed by atoms with Crippen LogP contribution in [0.5, 0.6) is 0 Å². The van der Waals surface area contributed by atoms with Gasteiger partial charge in [0.15, 0.2) is 0 Å². The largest absolute Gasteiger partial charge is 0.336 e. The average Bonchev–Trinajstić information content (AvgIpc) is 2.82. The molecule has 0 radical (unpaired) electrons. The Labute approximate surface area is 197 Å². The number of benzene rings is 3. The Morgan fingerprint density at radius 2 is 1.50 bits per heavy atom. The molecule has 3 aromatic carbocycles. The van der Waals surface area contributed by atoms with Gasteiger partial charge in [-0.1, -0.05) is 53.7 Å². The zero-order chi connectivity index (χ0) is 22.3. The third kappa shape index (κ3) is 5.91. The Balaban J connectivity index is 1.30. The summed E-state index contributed by atoms with van der Waals surface area (Å²) in [5.41, 5.74) is 1.49. The van der Waals surface area contributed by atoms with Crippen LogP contribution in [-0.4, -0.2) is 54.3 Å². The highest BCUT2D eigenvalue weighted by molar-refractivity contribution is 7.99. The summed E-state index contributed by atoms with van der Waals surface area (Å²) in [6, 6.07) is 24.7.